The van der Waals surface area contributed by atoms with Gasteiger partial charge in [0.1, 0.15) is 12.1 Å². The van der Waals surface area contributed by atoms with Crippen molar-refractivity contribution in [3.8, 4) is 5.69 Å². The lowest BCUT2D eigenvalue weighted by Gasteiger charge is -2.35. The number of carbonyl (C=O) groups is 1. The number of hydrogen-bond donors (Lipinski definition) is 0. The quantitative estimate of drug-likeness (QED) is 0.544. The first-order valence-electron chi connectivity index (χ1n) is 9.77. The van der Waals surface area contributed by atoms with Gasteiger partial charge in [-0.25, -0.2) is 9.97 Å². The van der Waals surface area contributed by atoms with Crippen molar-refractivity contribution < 1.29 is 4.79 Å². The minimum absolute atomic E-state index is 0.0766. The van der Waals surface area contributed by atoms with Crippen molar-refractivity contribution in [2.24, 2.45) is 0 Å². The van der Waals surface area contributed by atoms with Crippen LogP contribution in [0.25, 0.3) is 16.7 Å². The first-order valence-corrected chi connectivity index (χ1v) is 9.77. The second kappa shape index (κ2) is 7.39. The molecule has 2 aromatic carbocycles. The van der Waals surface area contributed by atoms with Crippen LogP contribution >= 0.6 is 0 Å². The number of fused-ring (bicyclic) bond motifs is 1. The van der Waals surface area contributed by atoms with E-state index in [1.807, 2.05) is 82.5 Å². The van der Waals surface area contributed by atoms with Gasteiger partial charge in [-0.15, -0.1) is 0 Å². The van der Waals surface area contributed by atoms with Crippen molar-refractivity contribution >= 4 is 22.8 Å². The lowest BCUT2D eigenvalue weighted by Crippen LogP contribution is -2.49. The summed E-state index contributed by atoms with van der Waals surface area (Å²) in [6.07, 6.45) is 3.62. The van der Waals surface area contributed by atoms with Gasteiger partial charge in [0.15, 0.2) is 0 Å². The van der Waals surface area contributed by atoms with E-state index in [2.05, 4.69) is 14.9 Å². The highest BCUT2D eigenvalue weighted by Gasteiger charge is 2.22. The molecule has 6 heteroatoms. The zero-order chi connectivity index (χ0) is 19.6. The molecule has 0 N–H and O–H groups in total. The minimum atomic E-state index is 0.0766. The topological polar surface area (TPSA) is 54.3 Å². The number of pyridine rings is 1. The lowest BCUT2D eigenvalue weighted by molar-refractivity contribution is 0.0746. The Hall–Kier alpha value is -3.67. The highest BCUT2D eigenvalue weighted by Crippen LogP contribution is 2.19. The van der Waals surface area contributed by atoms with Crippen molar-refractivity contribution in [1.82, 2.24) is 19.4 Å². The van der Waals surface area contributed by atoms with E-state index in [0.29, 0.717) is 18.7 Å². The van der Waals surface area contributed by atoms with Gasteiger partial charge in [0, 0.05) is 43.6 Å². The fourth-order valence-electron chi connectivity index (χ4n) is 3.79. The Labute approximate surface area is 169 Å². The normalized spacial score (nSPS) is 14.3. The number of aromatic nitrogens is 3. The van der Waals surface area contributed by atoms with Gasteiger partial charge in [0.2, 0.25) is 0 Å². The van der Waals surface area contributed by atoms with Gasteiger partial charge in [-0.1, -0.05) is 18.2 Å². The molecule has 1 amide bonds. The van der Waals surface area contributed by atoms with Crippen LogP contribution in [0.4, 0.5) is 5.82 Å². The number of hydrogen-bond acceptors (Lipinski definition) is 4. The molecule has 0 bridgehead atoms. The number of rotatable bonds is 3. The molecular weight excluding hydrogens is 362 g/mol. The van der Waals surface area contributed by atoms with E-state index in [1.165, 1.54) is 0 Å². The molecule has 144 valence electrons. The molecule has 1 aliphatic rings. The van der Waals surface area contributed by atoms with Gasteiger partial charge in [-0.05, 0) is 48.5 Å². The fraction of sp³-hybridized carbons (Fsp3) is 0.174. The maximum atomic E-state index is 12.9. The molecule has 1 fully saturated rings. The number of para-hydroxylation sites is 2. The average molecular weight is 383 g/mol. The first-order chi connectivity index (χ1) is 14.3. The molecular formula is C23H21N5O. The van der Waals surface area contributed by atoms with Crippen molar-refractivity contribution in [3.63, 3.8) is 0 Å². The molecule has 2 aromatic heterocycles. The number of anilines is 1. The Bertz CT molecular complexity index is 1130. The maximum absolute atomic E-state index is 12.9. The Kier molecular flexibility index (Phi) is 4.44. The zero-order valence-electron chi connectivity index (χ0n) is 16.0. The molecule has 4 aromatic rings. The second-order valence-electron chi connectivity index (χ2n) is 7.12. The van der Waals surface area contributed by atoms with Gasteiger partial charge < -0.3 is 9.80 Å². The summed E-state index contributed by atoms with van der Waals surface area (Å²) < 4.78 is 2.04. The molecule has 3 heterocycles. The van der Waals surface area contributed by atoms with Crippen LogP contribution in [0.3, 0.4) is 0 Å². The Morgan fingerprint density at radius 3 is 2.31 bits per heavy atom. The predicted octanol–water partition coefficient (Wildman–Crippen LogP) is 3.38. The van der Waals surface area contributed by atoms with Crippen LogP contribution in [0, 0.1) is 0 Å². The van der Waals surface area contributed by atoms with Crippen molar-refractivity contribution in [1.29, 1.82) is 0 Å². The summed E-state index contributed by atoms with van der Waals surface area (Å²) in [6, 6.07) is 21.7. The number of benzene rings is 2. The standard InChI is InChI=1S/C23H21N5O/c29-23(27-15-13-26(14-16-27)22-7-3-4-12-24-22)18-8-10-19(11-9-18)28-17-25-20-5-1-2-6-21(20)28/h1-12,17H,13-16H2. The predicted molar refractivity (Wildman–Crippen MR) is 113 cm³/mol. The summed E-state index contributed by atoms with van der Waals surface area (Å²) in [5.74, 6) is 1.05. The monoisotopic (exact) mass is 383 g/mol. The van der Waals surface area contributed by atoms with Gasteiger partial charge in [-0.2, -0.15) is 0 Å². The number of imidazole rings is 1. The highest BCUT2D eigenvalue weighted by molar-refractivity contribution is 5.94. The average Bonchev–Trinajstić information content (AvgIpc) is 3.24. The third kappa shape index (κ3) is 3.33. The lowest BCUT2D eigenvalue weighted by atomic mass is 10.1. The van der Waals surface area contributed by atoms with Crippen molar-refractivity contribution in [3.05, 3.63) is 84.8 Å². The molecule has 1 aliphatic heterocycles. The summed E-state index contributed by atoms with van der Waals surface area (Å²) >= 11 is 0. The Morgan fingerprint density at radius 2 is 1.55 bits per heavy atom. The molecule has 1 saturated heterocycles. The summed E-state index contributed by atoms with van der Waals surface area (Å²) in [5.41, 5.74) is 3.72. The highest BCUT2D eigenvalue weighted by atomic mass is 16.2. The van der Waals surface area contributed by atoms with Crippen LogP contribution in [0.2, 0.25) is 0 Å². The molecule has 0 spiro atoms. The summed E-state index contributed by atoms with van der Waals surface area (Å²) in [5, 5.41) is 0. The Balaban J connectivity index is 1.29. The van der Waals surface area contributed by atoms with E-state index < -0.39 is 0 Å². The largest absolute Gasteiger partial charge is 0.353 e. The van der Waals surface area contributed by atoms with E-state index in [-0.39, 0.29) is 5.91 Å². The van der Waals surface area contributed by atoms with Gasteiger partial charge in [0.05, 0.1) is 11.0 Å². The third-order valence-electron chi connectivity index (χ3n) is 5.39. The van der Waals surface area contributed by atoms with Crippen LogP contribution in [-0.4, -0.2) is 51.5 Å². The fourth-order valence-corrected chi connectivity index (χ4v) is 3.79. The van der Waals surface area contributed by atoms with E-state index in [1.54, 1.807) is 6.20 Å². The smallest absolute Gasteiger partial charge is 0.253 e. The van der Waals surface area contributed by atoms with Crippen LogP contribution in [0.5, 0.6) is 0 Å². The Morgan fingerprint density at radius 1 is 0.793 bits per heavy atom. The molecule has 0 atom stereocenters. The molecule has 0 radical (unpaired) electrons. The molecule has 29 heavy (non-hydrogen) atoms. The molecule has 0 unspecified atom stereocenters. The number of piperazine rings is 1. The van der Waals surface area contributed by atoms with Crippen molar-refractivity contribution in [2.75, 3.05) is 31.1 Å². The number of nitrogens with zero attached hydrogens (tertiary/aromatic N) is 5. The molecule has 5 rings (SSSR count). The zero-order valence-corrected chi connectivity index (χ0v) is 16.0. The summed E-state index contributed by atoms with van der Waals surface area (Å²) in [7, 11) is 0. The number of amides is 1. The first kappa shape index (κ1) is 17.4. The van der Waals surface area contributed by atoms with E-state index in [9.17, 15) is 4.79 Å². The van der Waals surface area contributed by atoms with Crippen LogP contribution < -0.4 is 4.90 Å². The van der Waals surface area contributed by atoms with Crippen molar-refractivity contribution in [2.45, 2.75) is 0 Å². The summed E-state index contributed by atoms with van der Waals surface area (Å²) in [6.45, 7) is 2.98. The molecule has 6 nitrogen and oxygen atoms in total. The number of carbonyl (C=O) groups excluding carboxylic acids is 1. The van der Waals surface area contributed by atoms with Gasteiger partial charge in [-0.3, -0.25) is 9.36 Å². The molecule has 0 saturated carbocycles. The van der Waals surface area contributed by atoms with Crippen LogP contribution in [-0.2, 0) is 0 Å². The van der Waals surface area contributed by atoms with Crippen LogP contribution in [0.1, 0.15) is 10.4 Å². The molecule has 0 aliphatic carbocycles. The van der Waals surface area contributed by atoms with Crippen LogP contribution in [0.15, 0.2) is 79.3 Å². The van der Waals surface area contributed by atoms with Gasteiger partial charge >= 0.3 is 0 Å². The van der Waals surface area contributed by atoms with E-state index >= 15 is 0 Å². The maximum Gasteiger partial charge on any atom is 0.253 e. The van der Waals surface area contributed by atoms with E-state index in [4.69, 9.17) is 0 Å². The van der Waals surface area contributed by atoms with E-state index in [0.717, 1.165) is 35.6 Å². The second-order valence-corrected chi connectivity index (χ2v) is 7.12. The SMILES string of the molecule is O=C(c1ccc(-n2cnc3ccccc32)cc1)N1CCN(c2ccccn2)CC1. The minimum Gasteiger partial charge on any atom is -0.353 e. The summed E-state index contributed by atoms with van der Waals surface area (Å²) in [4.78, 5) is 25.9. The van der Waals surface area contributed by atoms with Gasteiger partial charge in [0.25, 0.3) is 5.91 Å². The third-order valence-corrected chi connectivity index (χ3v) is 5.39.